The molecule has 64 heavy (non-hydrogen) atoms. The van der Waals surface area contributed by atoms with Gasteiger partial charge in [-0.3, -0.25) is 0 Å². The zero-order valence-electron chi connectivity index (χ0n) is 38.6. The third kappa shape index (κ3) is 8.43. The number of para-hydroxylation sites is 1. The summed E-state index contributed by atoms with van der Waals surface area (Å²) >= 11 is 0. The van der Waals surface area contributed by atoms with Crippen molar-refractivity contribution in [2.45, 2.75) is 90.9 Å². The van der Waals surface area contributed by atoms with Crippen LogP contribution in [0.1, 0.15) is 103 Å². The van der Waals surface area contributed by atoms with Crippen LogP contribution in [0.4, 0.5) is 11.4 Å². The second kappa shape index (κ2) is 16.9. The third-order valence-electron chi connectivity index (χ3n) is 12.9. The van der Waals surface area contributed by atoms with Crippen LogP contribution in [-0.2, 0) is 42.7 Å². The molecule has 9 rings (SSSR count). The summed E-state index contributed by atoms with van der Waals surface area (Å²) in [4.78, 5) is 9.33. The molecule has 0 aliphatic carbocycles. The molecule has 0 bridgehead atoms. The molecule has 0 fully saturated rings. The fourth-order valence-electron chi connectivity index (χ4n) is 8.83. The van der Waals surface area contributed by atoms with Crippen molar-refractivity contribution in [3.63, 3.8) is 0 Å². The molecule has 2 aromatic heterocycles. The van der Waals surface area contributed by atoms with E-state index in [1.54, 1.807) is 0 Å². The first-order valence-electron chi connectivity index (χ1n) is 22.0. The summed E-state index contributed by atoms with van der Waals surface area (Å²) in [6, 6.07) is 57.1. The van der Waals surface area contributed by atoms with Gasteiger partial charge in [-0.1, -0.05) is 171 Å². The largest absolute Gasteiger partial charge is 0.509 e. The van der Waals surface area contributed by atoms with Gasteiger partial charge in [0.05, 0.1) is 0 Å². The number of anilines is 2. The molecule has 6 heteroatoms. The molecular formula is C58H57N4OPt-3. The number of nitrogens with zero attached hydrogens (tertiary/aromatic N) is 4. The van der Waals surface area contributed by atoms with Crippen molar-refractivity contribution in [3.8, 4) is 17.3 Å². The third-order valence-corrected chi connectivity index (χ3v) is 12.9. The molecule has 0 N–H and O–H groups in total. The Morgan fingerprint density at radius 2 is 1.14 bits per heavy atom. The van der Waals surface area contributed by atoms with Crippen LogP contribution in [0.15, 0.2) is 158 Å². The second-order valence-corrected chi connectivity index (χ2v) is 20.0. The van der Waals surface area contributed by atoms with Gasteiger partial charge in [0.15, 0.2) is 0 Å². The van der Waals surface area contributed by atoms with E-state index < -0.39 is 0 Å². The average molecular weight is 1020 g/mol. The molecule has 3 heterocycles. The van der Waals surface area contributed by atoms with E-state index in [0.717, 1.165) is 44.6 Å². The maximum absolute atomic E-state index is 7.06. The van der Waals surface area contributed by atoms with E-state index >= 15 is 0 Å². The molecular weight excluding hydrogens is 964 g/mol. The summed E-state index contributed by atoms with van der Waals surface area (Å²) in [6.45, 7) is 24.8. The van der Waals surface area contributed by atoms with Crippen molar-refractivity contribution in [3.05, 3.63) is 210 Å². The molecule has 0 unspecified atom stereocenters. The molecule has 8 aromatic rings. The zero-order chi connectivity index (χ0) is 44.3. The van der Waals surface area contributed by atoms with Crippen molar-refractivity contribution in [2.75, 3.05) is 9.80 Å². The van der Waals surface area contributed by atoms with Crippen LogP contribution in [0.25, 0.3) is 27.6 Å². The Labute approximate surface area is 394 Å². The molecule has 0 saturated heterocycles. The monoisotopic (exact) mass is 1020 g/mol. The SMILES string of the molecule is CC(C)(C)c1cccc(N2C=CN(c3[c-]c(Oc4[c-]c5c(c(C(C)(C)C)c4)c4ccccc4n5-c4cc(C(C)(C)c5ccccc5)ccn4)cc(C(C)(C)c4ccccc4)c3)[CH-]2)c1.[Pt]. The van der Waals surface area contributed by atoms with Crippen LogP contribution in [0.3, 0.4) is 0 Å². The summed E-state index contributed by atoms with van der Waals surface area (Å²) in [5.74, 6) is 2.07. The smallest absolute Gasteiger partial charge is 0.135 e. The molecule has 0 saturated carbocycles. The van der Waals surface area contributed by atoms with Crippen LogP contribution < -0.4 is 14.5 Å². The van der Waals surface area contributed by atoms with Gasteiger partial charge in [0.2, 0.25) is 0 Å². The summed E-state index contributed by atoms with van der Waals surface area (Å²) in [7, 11) is 0. The number of rotatable bonds is 9. The number of hydrogen-bond donors (Lipinski definition) is 0. The average Bonchev–Trinajstić information content (AvgIpc) is 3.90. The minimum atomic E-state index is -0.339. The molecule has 1 aliphatic rings. The van der Waals surface area contributed by atoms with Crippen molar-refractivity contribution in [1.82, 2.24) is 9.55 Å². The van der Waals surface area contributed by atoms with Gasteiger partial charge in [-0.2, -0.15) is 0 Å². The van der Waals surface area contributed by atoms with Gasteiger partial charge in [-0.05, 0) is 86.6 Å². The van der Waals surface area contributed by atoms with E-state index in [0.29, 0.717) is 11.5 Å². The fraction of sp³-hybridized carbons (Fsp3) is 0.241. The Kier molecular flexibility index (Phi) is 11.8. The van der Waals surface area contributed by atoms with Gasteiger partial charge in [0.1, 0.15) is 5.82 Å². The number of pyridine rings is 1. The minimum absolute atomic E-state index is 0. The molecule has 0 radical (unpaired) electrons. The van der Waals surface area contributed by atoms with Crippen molar-refractivity contribution in [1.29, 1.82) is 0 Å². The van der Waals surface area contributed by atoms with Crippen molar-refractivity contribution in [2.24, 2.45) is 0 Å². The van der Waals surface area contributed by atoms with Gasteiger partial charge in [-0.15, -0.1) is 53.8 Å². The molecule has 0 amide bonds. The molecule has 0 atom stereocenters. The first-order chi connectivity index (χ1) is 30.0. The predicted octanol–water partition coefficient (Wildman–Crippen LogP) is 14.7. The van der Waals surface area contributed by atoms with Crippen molar-refractivity contribution < 1.29 is 25.8 Å². The number of ether oxygens (including phenoxy) is 1. The summed E-state index contributed by atoms with van der Waals surface area (Å²) in [6.07, 6.45) is 6.13. The minimum Gasteiger partial charge on any atom is -0.509 e. The Morgan fingerprint density at radius 3 is 1.81 bits per heavy atom. The molecule has 328 valence electrons. The van der Waals surface area contributed by atoms with Gasteiger partial charge in [0.25, 0.3) is 0 Å². The van der Waals surface area contributed by atoms with Gasteiger partial charge >= 0.3 is 0 Å². The summed E-state index contributed by atoms with van der Waals surface area (Å²) in [5, 5.41) is 2.31. The Balaban J connectivity index is 0.00000560. The second-order valence-electron chi connectivity index (χ2n) is 20.0. The summed E-state index contributed by atoms with van der Waals surface area (Å²) < 4.78 is 9.32. The zero-order valence-corrected chi connectivity index (χ0v) is 40.9. The van der Waals surface area contributed by atoms with Crippen LogP contribution in [0.5, 0.6) is 11.5 Å². The molecule has 1 aliphatic heterocycles. The maximum atomic E-state index is 7.06. The number of fused-ring (bicyclic) bond motifs is 3. The predicted molar refractivity (Wildman–Crippen MR) is 262 cm³/mol. The summed E-state index contributed by atoms with van der Waals surface area (Å²) in [5.41, 5.74) is 10.4. The Morgan fingerprint density at radius 1 is 0.531 bits per heavy atom. The quantitative estimate of drug-likeness (QED) is 0.135. The standard InChI is InChI=1S/C58H57N4O.Pt/c1-55(2,3)42-24-19-25-45(32-42)60-30-31-61(39-60)46-33-44(58(9,10)41-22-15-12-16-23-41)34-47(36-46)63-48-37-50(56(4,5)6)54-49-26-17-18-27-51(49)62(52(54)38-48)53-35-43(28-29-59-53)57(7,8)40-20-13-11-14-21-40;/h11-35,37,39H,1-10H3;/q-3;. The number of aromatic nitrogens is 2. The molecule has 6 aromatic carbocycles. The van der Waals surface area contributed by atoms with Crippen LogP contribution >= 0.6 is 0 Å². The molecule has 5 nitrogen and oxygen atoms in total. The van der Waals surface area contributed by atoms with Gasteiger partial charge < -0.3 is 19.1 Å². The van der Waals surface area contributed by atoms with Crippen LogP contribution in [0, 0.1) is 18.8 Å². The normalized spacial score (nSPS) is 13.5. The van der Waals surface area contributed by atoms with Gasteiger partial charge in [-0.25, -0.2) is 4.98 Å². The number of benzene rings is 6. The Bertz CT molecular complexity index is 2990. The topological polar surface area (TPSA) is 33.5 Å². The van der Waals surface area contributed by atoms with Crippen molar-refractivity contribution >= 4 is 33.2 Å². The number of hydrogen-bond acceptors (Lipinski definition) is 4. The van der Waals surface area contributed by atoms with E-state index in [4.69, 9.17) is 9.72 Å². The first kappa shape index (κ1) is 44.7. The van der Waals surface area contributed by atoms with E-state index in [1.165, 1.54) is 27.8 Å². The van der Waals surface area contributed by atoms with E-state index in [1.807, 2.05) is 6.20 Å². The van der Waals surface area contributed by atoms with Crippen LogP contribution in [-0.4, -0.2) is 9.55 Å². The maximum Gasteiger partial charge on any atom is 0.135 e. The molecule has 0 spiro atoms. The Hall–Kier alpha value is -5.90. The van der Waals surface area contributed by atoms with E-state index in [-0.39, 0.29) is 42.7 Å². The van der Waals surface area contributed by atoms with Gasteiger partial charge in [0, 0.05) is 55.4 Å². The first-order valence-corrected chi connectivity index (χ1v) is 22.0. The fourth-order valence-corrected chi connectivity index (χ4v) is 8.83. The van der Waals surface area contributed by atoms with Crippen LogP contribution in [0.2, 0.25) is 0 Å². The van der Waals surface area contributed by atoms with E-state index in [9.17, 15) is 0 Å². The van der Waals surface area contributed by atoms with E-state index in [2.05, 4.69) is 254 Å².